The second-order valence-corrected chi connectivity index (χ2v) is 3.06. The Morgan fingerprint density at radius 3 is 2.43 bits per heavy atom. The fourth-order valence-corrected chi connectivity index (χ4v) is 0.527. The highest BCUT2D eigenvalue weighted by atomic mass is 79.9. The molecule has 0 aromatic carbocycles. The van der Waals surface area contributed by atoms with Gasteiger partial charge in [-0.3, -0.25) is 0 Å². The van der Waals surface area contributed by atoms with E-state index < -0.39 is 0 Å². The lowest BCUT2D eigenvalue weighted by atomic mass is 10.4. The fraction of sp³-hybridized carbons (Fsp3) is 0.750. The zero-order chi connectivity index (χ0) is 5.70. The number of hydrogen-bond acceptors (Lipinski definition) is 1. The first-order valence-corrected chi connectivity index (χ1v) is 3.92. The summed E-state index contributed by atoms with van der Waals surface area (Å²) in [4.78, 5) is 0.317. The predicted octanol–water partition coefficient (Wildman–Crippen LogP) is 2.06. The Bertz CT molecular complexity index is 76.2. The largest absolute Gasteiger partial charge is 0.198 e. The zero-order valence-electron chi connectivity index (χ0n) is 3.69. The van der Waals surface area contributed by atoms with Crippen LogP contribution in [0.25, 0.3) is 0 Å². The zero-order valence-corrected chi connectivity index (χ0v) is 6.87. The molecule has 0 aliphatic rings. The van der Waals surface area contributed by atoms with Gasteiger partial charge in [0.15, 0.2) is 0 Å². The molecule has 0 heterocycles. The van der Waals surface area contributed by atoms with Crippen LogP contribution in [0.15, 0.2) is 0 Å². The predicted molar refractivity (Wildman–Crippen MR) is 36.7 cm³/mol. The minimum atomic E-state index is 0.317. The van der Waals surface area contributed by atoms with Gasteiger partial charge in [0.25, 0.3) is 0 Å². The molecule has 1 atom stereocenters. The number of rotatable bonds is 2. The summed E-state index contributed by atoms with van der Waals surface area (Å²) in [5.41, 5.74) is 0. The summed E-state index contributed by atoms with van der Waals surface area (Å²) in [5, 5.41) is 8.91. The molecule has 1 nitrogen and oxygen atoms in total. The molecule has 0 unspecified atom stereocenters. The standard InChI is InChI=1S/C4H5Br2N/c5-3-4(6)1-2-7/h4H,1,3H2/t4-/m0/s1. The number of nitrogens with zero attached hydrogens (tertiary/aromatic N) is 1. The summed E-state index contributed by atoms with van der Waals surface area (Å²) >= 11 is 6.49. The Labute approximate surface area is 60.0 Å². The number of halogens is 2. The van der Waals surface area contributed by atoms with Gasteiger partial charge >= 0.3 is 0 Å². The van der Waals surface area contributed by atoms with Crippen molar-refractivity contribution >= 4 is 31.9 Å². The van der Waals surface area contributed by atoms with Gasteiger partial charge in [0.05, 0.1) is 6.07 Å². The number of alkyl halides is 2. The lowest BCUT2D eigenvalue weighted by Crippen LogP contribution is -1.94. The average molecular weight is 227 g/mol. The molecule has 0 saturated heterocycles. The summed E-state index contributed by atoms with van der Waals surface area (Å²) in [5.74, 6) is 0. The molecule has 0 amide bonds. The smallest absolute Gasteiger partial charge is 0.0633 e. The Kier molecular flexibility index (Phi) is 4.90. The number of nitriles is 1. The van der Waals surface area contributed by atoms with Gasteiger partial charge in [-0.2, -0.15) is 5.26 Å². The van der Waals surface area contributed by atoms with Gasteiger partial charge in [-0.1, -0.05) is 31.9 Å². The topological polar surface area (TPSA) is 23.8 Å². The molecule has 0 rings (SSSR count). The van der Waals surface area contributed by atoms with Crippen LogP contribution in [0.4, 0.5) is 0 Å². The quantitative estimate of drug-likeness (QED) is 0.662. The molecule has 0 aliphatic carbocycles. The molecule has 0 saturated carbocycles. The van der Waals surface area contributed by atoms with E-state index in [1.54, 1.807) is 0 Å². The van der Waals surface area contributed by atoms with Crippen molar-refractivity contribution in [2.45, 2.75) is 11.2 Å². The van der Waals surface area contributed by atoms with Crippen molar-refractivity contribution in [1.29, 1.82) is 5.26 Å². The van der Waals surface area contributed by atoms with Gasteiger partial charge in [-0.15, -0.1) is 0 Å². The summed E-state index contributed by atoms with van der Waals surface area (Å²) < 4.78 is 0. The maximum atomic E-state index is 8.07. The van der Waals surface area contributed by atoms with Crippen LogP contribution in [0, 0.1) is 11.3 Å². The summed E-state index contributed by atoms with van der Waals surface area (Å²) in [6.07, 6.45) is 0.575. The van der Waals surface area contributed by atoms with Crippen molar-refractivity contribution in [3.8, 4) is 6.07 Å². The van der Waals surface area contributed by atoms with E-state index in [4.69, 9.17) is 5.26 Å². The van der Waals surface area contributed by atoms with Crippen LogP contribution in [0.3, 0.4) is 0 Å². The third kappa shape index (κ3) is 4.30. The molecular weight excluding hydrogens is 222 g/mol. The Morgan fingerprint density at radius 1 is 1.71 bits per heavy atom. The van der Waals surface area contributed by atoms with E-state index in [1.807, 2.05) is 6.07 Å². The summed E-state index contributed by atoms with van der Waals surface area (Å²) in [7, 11) is 0. The first-order valence-electron chi connectivity index (χ1n) is 1.88. The summed E-state index contributed by atoms with van der Waals surface area (Å²) in [6.45, 7) is 0. The maximum Gasteiger partial charge on any atom is 0.0633 e. The first-order chi connectivity index (χ1) is 3.31. The molecule has 0 fully saturated rings. The lowest BCUT2D eigenvalue weighted by Gasteiger charge is -1.93. The van der Waals surface area contributed by atoms with Gasteiger partial charge in [-0.05, 0) is 0 Å². The van der Waals surface area contributed by atoms with Crippen molar-refractivity contribution in [3.63, 3.8) is 0 Å². The Morgan fingerprint density at radius 2 is 2.29 bits per heavy atom. The molecule has 0 aliphatic heterocycles. The van der Waals surface area contributed by atoms with E-state index in [2.05, 4.69) is 31.9 Å². The van der Waals surface area contributed by atoms with Gasteiger partial charge in [0.1, 0.15) is 0 Å². The first kappa shape index (κ1) is 7.45. The van der Waals surface area contributed by atoms with Gasteiger partial charge in [-0.25, -0.2) is 0 Å². The third-order valence-electron chi connectivity index (χ3n) is 0.480. The van der Waals surface area contributed by atoms with E-state index in [0.717, 1.165) is 5.33 Å². The minimum absolute atomic E-state index is 0.317. The van der Waals surface area contributed by atoms with Gasteiger partial charge in [0.2, 0.25) is 0 Å². The number of hydrogen-bond donors (Lipinski definition) is 0. The average Bonchev–Trinajstić information content (AvgIpc) is 1.68. The van der Waals surface area contributed by atoms with Crippen molar-refractivity contribution in [2.24, 2.45) is 0 Å². The highest BCUT2D eigenvalue weighted by Gasteiger charge is 1.96. The van der Waals surface area contributed by atoms with E-state index in [-0.39, 0.29) is 0 Å². The Hall–Kier alpha value is 0.450. The molecule has 0 aromatic rings. The van der Waals surface area contributed by atoms with Gasteiger partial charge in [0, 0.05) is 16.6 Å². The molecule has 0 aromatic heterocycles. The molecule has 40 valence electrons. The highest BCUT2D eigenvalue weighted by molar-refractivity contribution is 9.12. The van der Waals surface area contributed by atoms with Crippen molar-refractivity contribution in [3.05, 3.63) is 0 Å². The second kappa shape index (κ2) is 4.61. The van der Waals surface area contributed by atoms with Crippen LogP contribution in [-0.2, 0) is 0 Å². The van der Waals surface area contributed by atoms with Crippen molar-refractivity contribution < 1.29 is 0 Å². The van der Waals surface area contributed by atoms with Crippen LogP contribution in [0.5, 0.6) is 0 Å². The maximum absolute atomic E-state index is 8.07. The van der Waals surface area contributed by atoms with Crippen molar-refractivity contribution in [2.75, 3.05) is 5.33 Å². The van der Waals surface area contributed by atoms with Crippen molar-refractivity contribution in [1.82, 2.24) is 0 Å². The minimum Gasteiger partial charge on any atom is -0.198 e. The second-order valence-electron chi connectivity index (χ2n) is 1.11. The fourth-order valence-electron chi connectivity index (χ4n) is 0.154. The van der Waals surface area contributed by atoms with Crippen LogP contribution < -0.4 is 0 Å². The molecule has 0 bridgehead atoms. The summed E-state index contributed by atoms with van der Waals surface area (Å²) in [6, 6.07) is 2.04. The Balaban J connectivity index is 3.03. The molecule has 0 radical (unpaired) electrons. The normalized spacial score (nSPS) is 12.7. The van der Waals surface area contributed by atoms with E-state index in [1.165, 1.54) is 0 Å². The van der Waals surface area contributed by atoms with E-state index >= 15 is 0 Å². The lowest BCUT2D eigenvalue weighted by molar-refractivity contribution is 1.03. The molecule has 0 N–H and O–H groups in total. The van der Waals surface area contributed by atoms with Crippen LogP contribution in [-0.4, -0.2) is 10.2 Å². The van der Waals surface area contributed by atoms with Crippen LogP contribution >= 0.6 is 31.9 Å². The molecule has 0 spiro atoms. The highest BCUT2D eigenvalue weighted by Crippen LogP contribution is 2.05. The van der Waals surface area contributed by atoms with E-state index in [0.29, 0.717) is 11.2 Å². The van der Waals surface area contributed by atoms with E-state index in [9.17, 15) is 0 Å². The molecule has 7 heavy (non-hydrogen) atoms. The SMILES string of the molecule is N#CC[C@H](Br)CBr. The third-order valence-corrected chi connectivity index (χ3v) is 2.78. The molecular formula is C4H5Br2N. The van der Waals surface area contributed by atoms with Gasteiger partial charge < -0.3 is 0 Å². The molecule has 3 heteroatoms. The van der Waals surface area contributed by atoms with Crippen LogP contribution in [0.1, 0.15) is 6.42 Å². The monoisotopic (exact) mass is 225 g/mol. The van der Waals surface area contributed by atoms with Crippen LogP contribution in [0.2, 0.25) is 0 Å².